The number of amides is 2. The fourth-order valence-corrected chi connectivity index (χ4v) is 4.04. The number of piperidine rings is 1. The summed E-state index contributed by atoms with van der Waals surface area (Å²) in [6.07, 6.45) is 5.83. The van der Waals surface area contributed by atoms with E-state index in [1.807, 2.05) is 23.1 Å². The number of carbonyl (C=O) groups is 1. The Morgan fingerprint density at radius 3 is 2.88 bits per heavy atom. The van der Waals surface area contributed by atoms with Gasteiger partial charge >= 0.3 is 6.03 Å². The Morgan fingerprint density at radius 1 is 1.40 bits per heavy atom. The van der Waals surface area contributed by atoms with Crippen molar-refractivity contribution in [3.63, 3.8) is 0 Å². The molecule has 0 spiro atoms. The van der Waals surface area contributed by atoms with Crippen LogP contribution in [0, 0.1) is 0 Å². The summed E-state index contributed by atoms with van der Waals surface area (Å²) in [6.45, 7) is 4.33. The maximum atomic E-state index is 12.7. The average Bonchev–Trinajstić information content (AvgIpc) is 2.68. The molecule has 2 saturated heterocycles. The third kappa shape index (κ3) is 4.38. The Bertz CT molecular complexity index is 614. The van der Waals surface area contributed by atoms with Gasteiger partial charge in [-0.25, -0.2) is 14.8 Å². The number of halogens is 1. The lowest BCUT2D eigenvalue weighted by Crippen LogP contribution is -2.54. The van der Waals surface area contributed by atoms with E-state index >= 15 is 0 Å². The van der Waals surface area contributed by atoms with Gasteiger partial charge in [0.05, 0.1) is 23.7 Å². The standard InChI is InChI=1S/C16H24BrN5O2S/c1-20(16(23)21-6-8-24-9-7-21)12-4-3-5-22(11-12)14-13(17)10-18-15(19-14)25-2/h10,12H,3-9,11H2,1-2H3. The Labute approximate surface area is 161 Å². The van der Waals surface area contributed by atoms with Crippen molar-refractivity contribution in [2.45, 2.75) is 24.0 Å². The Balaban J connectivity index is 1.69. The molecular weight excluding hydrogens is 406 g/mol. The van der Waals surface area contributed by atoms with Crippen LogP contribution in [-0.2, 0) is 4.74 Å². The first-order chi connectivity index (χ1) is 12.1. The lowest BCUT2D eigenvalue weighted by atomic mass is 10.0. The lowest BCUT2D eigenvalue weighted by Gasteiger charge is -2.40. The number of anilines is 1. The van der Waals surface area contributed by atoms with E-state index in [1.165, 1.54) is 11.8 Å². The van der Waals surface area contributed by atoms with E-state index in [4.69, 9.17) is 4.74 Å². The van der Waals surface area contributed by atoms with Crippen molar-refractivity contribution in [1.29, 1.82) is 0 Å². The van der Waals surface area contributed by atoms with Gasteiger partial charge in [0, 0.05) is 39.4 Å². The van der Waals surface area contributed by atoms with Crippen molar-refractivity contribution in [1.82, 2.24) is 19.8 Å². The molecule has 0 radical (unpaired) electrons. The smallest absolute Gasteiger partial charge is 0.320 e. The molecule has 25 heavy (non-hydrogen) atoms. The molecule has 1 atom stereocenters. The van der Waals surface area contributed by atoms with Gasteiger partial charge in [0.1, 0.15) is 5.82 Å². The fourth-order valence-electron chi connectivity index (χ4n) is 3.26. The van der Waals surface area contributed by atoms with Crippen molar-refractivity contribution in [2.24, 2.45) is 0 Å². The maximum Gasteiger partial charge on any atom is 0.320 e. The average molecular weight is 430 g/mol. The molecule has 0 bridgehead atoms. The van der Waals surface area contributed by atoms with E-state index in [0.717, 1.165) is 41.4 Å². The molecule has 1 aromatic rings. The van der Waals surface area contributed by atoms with E-state index in [0.29, 0.717) is 26.3 Å². The summed E-state index contributed by atoms with van der Waals surface area (Å²) < 4.78 is 6.24. The SMILES string of the molecule is CSc1ncc(Br)c(N2CCCC(N(C)C(=O)N3CCOCC3)C2)n1. The van der Waals surface area contributed by atoms with Crippen LogP contribution in [0.25, 0.3) is 0 Å². The Morgan fingerprint density at radius 2 is 2.16 bits per heavy atom. The molecule has 0 aliphatic carbocycles. The molecule has 2 amide bonds. The van der Waals surface area contributed by atoms with Crippen LogP contribution in [0.3, 0.4) is 0 Å². The highest BCUT2D eigenvalue weighted by Crippen LogP contribution is 2.28. The predicted octanol–water partition coefficient (Wildman–Crippen LogP) is 2.31. The summed E-state index contributed by atoms with van der Waals surface area (Å²) in [5, 5.41) is 0.762. The zero-order valence-corrected chi connectivity index (χ0v) is 17.1. The van der Waals surface area contributed by atoms with Crippen molar-refractivity contribution < 1.29 is 9.53 Å². The molecule has 0 aromatic carbocycles. The summed E-state index contributed by atoms with van der Waals surface area (Å²) in [4.78, 5) is 27.7. The van der Waals surface area contributed by atoms with Crippen LogP contribution in [0.2, 0.25) is 0 Å². The predicted molar refractivity (Wildman–Crippen MR) is 102 cm³/mol. The number of morpholine rings is 1. The number of aromatic nitrogens is 2. The zero-order valence-electron chi connectivity index (χ0n) is 14.7. The van der Waals surface area contributed by atoms with Gasteiger partial charge in [-0.05, 0) is 35.0 Å². The van der Waals surface area contributed by atoms with Gasteiger partial charge in [0.2, 0.25) is 0 Å². The normalized spacial score (nSPS) is 21.3. The second-order valence-corrected chi connectivity index (χ2v) is 7.89. The molecule has 1 aromatic heterocycles. The molecule has 2 fully saturated rings. The van der Waals surface area contributed by atoms with Gasteiger partial charge < -0.3 is 19.4 Å². The minimum Gasteiger partial charge on any atom is -0.378 e. The summed E-state index contributed by atoms with van der Waals surface area (Å²) >= 11 is 5.10. The van der Waals surface area contributed by atoms with Crippen LogP contribution in [-0.4, -0.2) is 84.5 Å². The van der Waals surface area contributed by atoms with Gasteiger partial charge in [0.15, 0.2) is 5.16 Å². The van der Waals surface area contributed by atoms with Crippen molar-refractivity contribution in [3.8, 4) is 0 Å². The summed E-state index contributed by atoms with van der Waals surface area (Å²) in [6, 6.07) is 0.283. The third-order valence-corrected chi connectivity index (χ3v) is 5.83. The van der Waals surface area contributed by atoms with Crippen LogP contribution in [0.15, 0.2) is 15.8 Å². The molecule has 9 heteroatoms. The van der Waals surface area contributed by atoms with Gasteiger partial charge in [-0.15, -0.1) is 0 Å². The molecule has 2 aliphatic heterocycles. The number of urea groups is 1. The number of hydrogen-bond donors (Lipinski definition) is 0. The van der Waals surface area contributed by atoms with Crippen LogP contribution in [0.4, 0.5) is 10.6 Å². The number of carbonyl (C=O) groups excluding carboxylic acids is 1. The van der Waals surface area contributed by atoms with Crippen LogP contribution < -0.4 is 4.90 Å². The van der Waals surface area contributed by atoms with E-state index in [1.54, 1.807) is 6.20 Å². The minimum absolute atomic E-state index is 0.0988. The minimum atomic E-state index is 0.0988. The number of nitrogens with zero attached hydrogens (tertiary/aromatic N) is 5. The van der Waals surface area contributed by atoms with Crippen molar-refractivity contribution in [2.75, 3.05) is 57.6 Å². The first-order valence-corrected chi connectivity index (χ1v) is 10.5. The number of rotatable bonds is 3. The molecule has 138 valence electrons. The summed E-state index contributed by atoms with van der Waals surface area (Å²) in [7, 11) is 1.91. The Kier molecular flexibility index (Phi) is 6.40. The summed E-state index contributed by atoms with van der Waals surface area (Å²) in [5.41, 5.74) is 0. The van der Waals surface area contributed by atoms with Crippen LogP contribution >= 0.6 is 27.7 Å². The summed E-state index contributed by atoms with van der Waals surface area (Å²) in [5.74, 6) is 0.913. The van der Waals surface area contributed by atoms with Gasteiger partial charge in [-0.3, -0.25) is 0 Å². The number of likely N-dealkylation sites (N-methyl/N-ethyl adjacent to an activating group) is 1. The van der Waals surface area contributed by atoms with E-state index in [9.17, 15) is 4.79 Å². The van der Waals surface area contributed by atoms with E-state index < -0.39 is 0 Å². The molecule has 2 aliphatic rings. The second-order valence-electron chi connectivity index (χ2n) is 6.26. The number of hydrogen-bond acceptors (Lipinski definition) is 6. The van der Waals surface area contributed by atoms with Gasteiger partial charge in [-0.2, -0.15) is 0 Å². The monoisotopic (exact) mass is 429 g/mol. The molecular formula is C16H24BrN5O2S. The topological polar surface area (TPSA) is 61.8 Å². The van der Waals surface area contributed by atoms with E-state index in [-0.39, 0.29) is 12.1 Å². The fraction of sp³-hybridized carbons (Fsp3) is 0.688. The zero-order chi connectivity index (χ0) is 17.8. The maximum absolute atomic E-state index is 12.7. The Hall–Kier alpha value is -1.06. The largest absolute Gasteiger partial charge is 0.378 e. The van der Waals surface area contributed by atoms with Crippen molar-refractivity contribution in [3.05, 3.63) is 10.7 Å². The van der Waals surface area contributed by atoms with Crippen molar-refractivity contribution >= 4 is 39.5 Å². The van der Waals surface area contributed by atoms with Crippen LogP contribution in [0.1, 0.15) is 12.8 Å². The second kappa shape index (κ2) is 8.55. The molecule has 3 heterocycles. The first-order valence-electron chi connectivity index (χ1n) is 8.51. The molecule has 0 N–H and O–H groups in total. The highest BCUT2D eigenvalue weighted by molar-refractivity contribution is 9.10. The number of ether oxygens (including phenoxy) is 1. The van der Waals surface area contributed by atoms with Crippen LogP contribution in [0.5, 0.6) is 0 Å². The van der Waals surface area contributed by atoms with Gasteiger partial charge in [0.25, 0.3) is 0 Å². The highest BCUT2D eigenvalue weighted by atomic mass is 79.9. The molecule has 0 saturated carbocycles. The third-order valence-electron chi connectivity index (χ3n) is 4.71. The number of thioether (sulfide) groups is 1. The molecule has 1 unspecified atom stereocenters. The molecule has 3 rings (SSSR count). The first kappa shape index (κ1) is 18.7. The lowest BCUT2D eigenvalue weighted by molar-refractivity contribution is 0.0414. The molecule has 7 nitrogen and oxygen atoms in total. The van der Waals surface area contributed by atoms with E-state index in [2.05, 4.69) is 30.8 Å². The highest BCUT2D eigenvalue weighted by Gasteiger charge is 2.30. The quantitative estimate of drug-likeness (QED) is 0.542. The van der Waals surface area contributed by atoms with Gasteiger partial charge in [-0.1, -0.05) is 11.8 Å².